The van der Waals surface area contributed by atoms with Crippen LogP contribution in [0.15, 0.2) is 0 Å². The van der Waals surface area contributed by atoms with Crippen LogP contribution in [0.2, 0.25) is 0 Å². The van der Waals surface area contributed by atoms with Crippen molar-refractivity contribution in [1.29, 1.82) is 0 Å². The average molecular weight is 238 g/mol. The quantitative estimate of drug-likeness (QED) is 0.812. The molecule has 1 amide bonds. The third-order valence-electron chi connectivity index (χ3n) is 4.23. The first-order chi connectivity index (χ1) is 8.19. The number of nitrogens with zero attached hydrogens (tertiary/aromatic N) is 1. The van der Waals surface area contributed by atoms with Crippen molar-refractivity contribution in [2.75, 3.05) is 19.6 Å². The van der Waals surface area contributed by atoms with Gasteiger partial charge in [-0.15, -0.1) is 0 Å². The SMILES string of the molecule is CCC(=O)N1CC(C)CC(NCC2CCC2)C1. The predicted octanol–water partition coefficient (Wildman–Crippen LogP) is 2.02. The summed E-state index contributed by atoms with van der Waals surface area (Å²) in [6, 6.07) is 0.523. The second-order valence-corrected chi connectivity index (χ2v) is 5.90. The van der Waals surface area contributed by atoms with Gasteiger partial charge in [0.25, 0.3) is 0 Å². The molecule has 0 spiro atoms. The van der Waals surface area contributed by atoms with Crippen LogP contribution in [-0.2, 0) is 4.79 Å². The molecule has 0 aromatic heterocycles. The third-order valence-corrected chi connectivity index (χ3v) is 4.23. The number of hydrogen-bond acceptors (Lipinski definition) is 2. The summed E-state index contributed by atoms with van der Waals surface area (Å²) in [6.45, 7) is 7.25. The van der Waals surface area contributed by atoms with Gasteiger partial charge in [0.2, 0.25) is 5.91 Å². The first-order valence-electron chi connectivity index (χ1n) is 7.20. The predicted molar refractivity (Wildman–Crippen MR) is 69.8 cm³/mol. The van der Waals surface area contributed by atoms with Gasteiger partial charge in [-0.1, -0.05) is 20.3 Å². The zero-order valence-electron chi connectivity index (χ0n) is 11.2. The maximum Gasteiger partial charge on any atom is 0.222 e. The van der Waals surface area contributed by atoms with Crippen LogP contribution in [-0.4, -0.2) is 36.5 Å². The van der Waals surface area contributed by atoms with Crippen LogP contribution in [0, 0.1) is 11.8 Å². The molecule has 1 aliphatic heterocycles. The highest BCUT2D eigenvalue weighted by Crippen LogP contribution is 2.26. The van der Waals surface area contributed by atoms with Gasteiger partial charge in [-0.2, -0.15) is 0 Å². The van der Waals surface area contributed by atoms with Gasteiger partial charge in [-0.25, -0.2) is 0 Å². The molecule has 2 fully saturated rings. The minimum Gasteiger partial charge on any atom is -0.341 e. The fourth-order valence-electron chi connectivity index (χ4n) is 2.96. The highest BCUT2D eigenvalue weighted by Gasteiger charge is 2.27. The molecule has 0 aromatic rings. The molecule has 98 valence electrons. The van der Waals surface area contributed by atoms with Gasteiger partial charge in [0, 0.05) is 25.6 Å². The smallest absolute Gasteiger partial charge is 0.222 e. The Kier molecular flexibility index (Phi) is 4.43. The Morgan fingerprint density at radius 2 is 2.12 bits per heavy atom. The Bertz CT molecular complexity index is 263. The molecular formula is C14H26N2O. The van der Waals surface area contributed by atoms with Gasteiger partial charge < -0.3 is 10.2 Å². The summed E-state index contributed by atoms with van der Waals surface area (Å²) < 4.78 is 0. The molecule has 0 radical (unpaired) electrons. The Morgan fingerprint density at radius 1 is 1.35 bits per heavy atom. The highest BCUT2D eigenvalue weighted by atomic mass is 16.2. The number of nitrogens with one attached hydrogen (secondary N) is 1. The number of rotatable bonds is 4. The van der Waals surface area contributed by atoms with Crippen molar-refractivity contribution in [3.05, 3.63) is 0 Å². The number of carbonyl (C=O) groups excluding carboxylic acids is 1. The largest absolute Gasteiger partial charge is 0.341 e. The molecule has 1 N–H and O–H groups in total. The first kappa shape index (κ1) is 12.9. The molecule has 3 nitrogen and oxygen atoms in total. The van der Waals surface area contributed by atoms with Crippen LogP contribution >= 0.6 is 0 Å². The van der Waals surface area contributed by atoms with Crippen LogP contribution in [0.1, 0.15) is 46.0 Å². The van der Waals surface area contributed by atoms with Crippen LogP contribution in [0.3, 0.4) is 0 Å². The summed E-state index contributed by atoms with van der Waals surface area (Å²) in [5, 5.41) is 3.67. The molecule has 2 atom stereocenters. The molecule has 2 unspecified atom stereocenters. The Labute approximate surface area is 105 Å². The monoisotopic (exact) mass is 238 g/mol. The maximum absolute atomic E-state index is 11.8. The second-order valence-electron chi connectivity index (χ2n) is 5.90. The summed E-state index contributed by atoms with van der Waals surface area (Å²) in [4.78, 5) is 13.8. The lowest BCUT2D eigenvalue weighted by Crippen LogP contribution is -2.51. The summed E-state index contributed by atoms with van der Waals surface area (Å²) >= 11 is 0. The van der Waals surface area contributed by atoms with E-state index in [4.69, 9.17) is 0 Å². The van der Waals surface area contributed by atoms with Gasteiger partial charge >= 0.3 is 0 Å². The number of hydrogen-bond donors (Lipinski definition) is 1. The third kappa shape index (κ3) is 3.44. The lowest BCUT2D eigenvalue weighted by atomic mass is 9.85. The number of amides is 1. The van der Waals surface area contributed by atoms with Crippen LogP contribution in [0.4, 0.5) is 0 Å². The molecule has 2 rings (SSSR count). The molecule has 17 heavy (non-hydrogen) atoms. The summed E-state index contributed by atoms with van der Waals surface area (Å²) in [5.74, 6) is 1.85. The second kappa shape index (κ2) is 5.85. The van der Waals surface area contributed by atoms with Crippen molar-refractivity contribution in [3.8, 4) is 0 Å². The molecule has 1 heterocycles. The van der Waals surface area contributed by atoms with E-state index < -0.39 is 0 Å². The maximum atomic E-state index is 11.8. The van der Waals surface area contributed by atoms with E-state index in [-0.39, 0.29) is 0 Å². The topological polar surface area (TPSA) is 32.3 Å². The van der Waals surface area contributed by atoms with E-state index in [2.05, 4.69) is 12.2 Å². The zero-order valence-corrected chi connectivity index (χ0v) is 11.2. The minimum absolute atomic E-state index is 0.312. The van der Waals surface area contributed by atoms with E-state index in [1.165, 1.54) is 25.7 Å². The van der Waals surface area contributed by atoms with Gasteiger partial charge in [0.15, 0.2) is 0 Å². The lowest BCUT2D eigenvalue weighted by Gasteiger charge is -2.38. The van der Waals surface area contributed by atoms with E-state index in [0.717, 1.165) is 25.6 Å². The first-order valence-corrected chi connectivity index (χ1v) is 7.20. The van der Waals surface area contributed by atoms with Gasteiger partial charge in [-0.3, -0.25) is 4.79 Å². The summed E-state index contributed by atoms with van der Waals surface area (Å²) in [7, 11) is 0. The van der Waals surface area contributed by atoms with E-state index in [9.17, 15) is 4.79 Å². The summed E-state index contributed by atoms with van der Waals surface area (Å²) in [6.07, 6.45) is 6.07. The van der Waals surface area contributed by atoms with Crippen molar-refractivity contribution in [1.82, 2.24) is 10.2 Å². The van der Waals surface area contributed by atoms with Crippen molar-refractivity contribution in [2.24, 2.45) is 11.8 Å². The fraction of sp³-hybridized carbons (Fsp3) is 0.929. The van der Waals surface area contributed by atoms with Gasteiger partial charge in [0.05, 0.1) is 0 Å². The van der Waals surface area contributed by atoms with Crippen LogP contribution in [0.5, 0.6) is 0 Å². The Hall–Kier alpha value is -0.570. The Morgan fingerprint density at radius 3 is 2.71 bits per heavy atom. The number of likely N-dealkylation sites (tertiary alicyclic amines) is 1. The zero-order chi connectivity index (χ0) is 12.3. The molecule has 2 aliphatic rings. The van der Waals surface area contributed by atoms with Gasteiger partial charge in [0.1, 0.15) is 0 Å². The Balaban J connectivity index is 1.78. The van der Waals surface area contributed by atoms with E-state index in [1.54, 1.807) is 0 Å². The highest BCUT2D eigenvalue weighted by molar-refractivity contribution is 5.76. The minimum atomic E-state index is 0.312. The standard InChI is InChI=1S/C14H26N2O/c1-3-14(17)16-9-11(2)7-13(10-16)15-8-12-5-4-6-12/h11-13,15H,3-10H2,1-2H3. The fourth-order valence-corrected chi connectivity index (χ4v) is 2.96. The van der Waals surface area contributed by atoms with E-state index >= 15 is 0 Å². The molecule has 1 saturated carbocycles. The van der Waals surface area contributed by atoms with E-state index in [1.807, 2.05) is 11.8 Å². The van der Waals surface area contributed by atoms with Crippen molar-refractivity contribution in [3.63, 3.8) is 0 Å². The summed E-state index contributed by atoms with van der Waals surface area (Å²) in [5.41, 5.74) is 0. The molecule has 1 saturated heterocycles. The molecule has 0 aromatic carbocycles. The normalized spacial score (nSPS) is 30.1. The van der Waals surface area contributed by atoms with Crippen molar-refractivity contribution in [2.45, 2.75) is 52.0 Å². The van der Waals surface area contributed by atoms with Gasteiger partial charge in [-0.05, 0) is 37.6 Å². The van der Waals surface area contributed by atoms with Crippen LogP contribution < -0.4 is 5.32 Å². The molecular weight excluding hydrogens is 212 g/mol. The molecule has 0 bridgehead atoms. The number of piperidine rings is 1. The number of carbonyl (C=O) groups is 1. The lowest BCUT2D eigenvalue weighted by molar-refractivity contribution is -0.133. The van der Waals surface area contributed by atoms with E-state index in [0.29, 0.717) is 24.3 Å². The average Bonchev–Trinajstić information content (AvgIpc) is 2.25. The van der Waals surface area contributed by atoms with Crippen molar-refractivity contribution >= 4 is 5.91 Å². The van der Waals surface area contributed by atoms with Crippen molar-refractivity contribution < 1.29 is 4.79 Å². The van der Waals surface area contributed by atoms with Crippen LogP contribution in [0.25, 0.3) is 0 Å². The molecule has 1 aliphatic carbocycles. The molecule has 3 heteroatoms.